The van der Waals surface area contributed by atoms with Gasteiger partial charge in [0.15, 0.2) is 5.69 Å². The molecule has 0 unspecified atom stereocenters. The predicted molar refractivity (Wildman–Crippen MR) is 65.3 cm³/mol. The molecule has 2 aromatic heterocycles. The van der Waals surface area contributed by atoms with Gasteiger partial charge >= 0.3 is 5.97 Å². The molecule has 2 N–H and O–H groups in total. The second kappa shape index (κ2) is 5.22. The van der Waals surface area contributed by atoms with Gasteiger partial charge in [-0.3, -0.25) is 4.98 Å². The molecule has 0 aromatic carbocycles. The van der Waals surface area contributed by atoms with Gasteiger partial charge in [-0.05, 0) is 19.1 Å². The van der Waals surface area contributed by atoms with Gasteiger partial charge in [0, 0.05) is 5.69 Å². The molecule has 18 heavy (non-hydrogen) atoms. The number of pyridine rings is 1. The fourth-order valence-electron chi connectivity index (χ4n) is 1.41. The summed E-state index contributed by atoms with van der Waals surface area (Å²) in [6.45, 7) is 2.44. The van der Waals surface area contributed by atoms with E-state index in [-0.39, 0.29) is 5.69 Å². The van der Waals surface area contributed by atoms with E-state index in [2.05, 4.69) is 20.3 Å². The number of aryl methyl sites for hydroxylation is 1. The Hall–Kier alpha value is -2.50. The van der Waals surface area contributed by atoms with Gasteiger partial charge in [0.25, 0.3) is 0 Å². The maximum atomic E-state index is 10.6. The van der Waals surface area contributed by atoms with Crippen molar-refractivity contribution in [3.63, 3.8) is 0 Å². The average Bonchev–Trinajstić information content (AvgIpc) is 2.37. The Labute approximate surface area is 104 Å². The highest BCUT2D eigenvalue weighted by atomic mass is 16.4. The van der Waals surface area contributed by atoms with Gasteiger partial charge in [-0.15, -0.1) is 0 Å². The first kappa shape index (κ1) is 12.0. The molecule has 0 bridgehead atoms. The highest BCUT2D eigenvalue weighted by Crippen LogP contribution is 2.04. The van der Waals surface area contributed by atoms with Gasteiger partial charge in [-0.2, -0.15) is 0 Å². The number of nitrogens with one attached hydrogen (secondary N) is 1. The van der Waals surface area contributed by atoms with Crippen LogP contribution in [0.3, 0.4) is 0 Å². The van der Waals surface area contributed by atoms with Gasteiger partial charge in [-0.1, -0.05) is 6.07 Å². The number of carbonyl (C=O) groups is 1. The molecule has 0 amide bonds. The van der Waals surface area contributed by atoms with Crippen LogP contribution in [0.2, 0.25) is 0 Å². The van der Waals surface area contributed by atoms with Crippen LogP contribution in [0, 0.1) is 6.92 Å². The van der Waals surface area contributed by atoms with Gasteiger partial charge < -0.3 is 10.4 Å². The van der Waals surface area contributed by atoms with E-state index in [0.717, 1.165) is 11.4 Å². The lowest BCUT2D eigenvalue weighted by Gasteiger charge is -2.05. The second-order valence-electron chi connectivity index (χ2n) is 3.72. The molecule has 0 atom stereocenters. The molecule has 2 rings (SSSR count). The Morgan fingerprint density at radius 2 is 2.17 bits per heavy atom. The molecule has 0 saturated heterocycles. The summed E-state index contributed by atoms with van der Waals surface area (Å²) in [6.07, 6.45) is 2.60. The summed E-state index contributed by atoms with van der Waals surface area (Å²) in [5.74, 6) is -0.572. The van der Waals surface area contributed by atoms with Gasteiger partial charge in [0.05, 0.1) is 24.6 Å². The third-order valence-corrected chi connectivity index (χ3v) is 2.27. The van der Waals surface area contributed by atoms with E-state index in [9.17, 15) is 4.79 Å². The number of hydrogen-bond donors (Lipinski definition) is 2. The van der Waals surface area contributed by atoms with Crippen LogP contribution in [0.15, 0.2) is 30.6 Å². The number of hydrogen-bond acceptors (Lipinski definition) is 5. The number of rotatable bonds is 4. The Kier molecular flexibility index (Phi) is 3.47. The summed E-state index contributed by atoms with van der Waals surface area (Å²) < 4.78 is 0. The lowest BCUT2D eigenvalue weighted by Crippen LogP contribution is -2.06. The average molecular weight is 244 g/mol. The number of nitrogens with zero attached hydrogens (tertiary/aromatic N) is 3. The van der Waals surface area contributed by atoms with E-state index >= 15 is 0 Å². The number of carboxylic acids is 1. The Morgan fingerprint density at radius 3 is 2.78 bits per heavy atom. The van der Waals surface area contributed by atoms with Gasteiger partial charge in [0.2, 0.25) is 0 Å². The summed E-state index contributed by atoms with van der Waals surface area (Å²) in [4.78, 5) is 22.6. The van der Waals surface area contributed by atoms with Crippen molar-refractivity contribution in [2.45, 2.75) is 13.5 Å². The zero-order valence-corrected chi connectivity index (χ0v) is 9.79. The largest absolute Gasteiger partial charge is 0.476 e. The van der Waals surface area contributed by atoms with E-state index in [0.29, 0.717) is 12.4 Å². The van der Waals surface area contributed by atoms with E-state index < -0.39 is 5.97 Å². The molecule has 92 valence electrons. The fourth-order valence-corrected chi connectivity index (χ4v) is 1.41. The minimum atomic E-state index is -1.09. The lowest BCUT2D eigenvalue weighted by atomic mass is 10.3. The van der Waals surface area contributed by atoms with Crippen LogP contribution in [0.25, 0.3) is 0 Å². The highest BCUT2D eigenvalue weighted by molar-refractivity contribution is 5.84. The van der Waals surface area contributed by atoms with Crippen molar-refractivity contribution in [3.8, 4) is 0 Å². The van der Waals surface area contributed by atoms with Crippen molar-refractivity contribution < 1.29 is 9.90 Å². The third-order valence-electron chi connectivity index (χ3n) is 2.27. The lowest BCUT2D eigenvalue weighted by molar-refractivity contribution is 0.0690. The predicted octanol–water partition coefficient (Wildman–Crippen LogP) is 1.49. The van der Waals surface area contributed by atoms with Crippen LogP contribution < -0.4 is 5.32 Å². The summed E-state index contributed by atoms with van der Waals surface area (Å²) in [6, 6.07) is 5.75. The highest BCUT2D eigenvalue weighted by Gasteiger charge is 2.04. The first-order chi connectivity index (χ1) is 8.65. The zero-order chi connectivity index (χ0) is 13.0. The smallest absolute Gasteiger partial charge is 0.356 e. The van der Waals surface area contributed by atoms with Crippen molar-refractivity contribution >= 4 is 11.8 Å². The molecule has 0 radical (unpaired) electrons. The van der Waals surface area contributed by atoms with Crippen LogP contribution in [-0.4, -0.2) is 26.0 Å². The number of aromatic nitrogens is 3. The van der Waals surface area contributed by atoms with Crippen molar-refractivity contribution in [1.29, 1.82) is 0 Å². The molecule has 6 heteroatoms. The molecule has 0 saturated carbocycles. The number of aromatic carboxylic acids is 1. The van der Waals surface area contributed by atoms with Crippen molar-refractivity contribution in [2.24, 2.45) is 0 Å². The van der Waals surface area contributed by atoms with E-state index in [1.165, 1.54) is 12.4 Å². The van der Waals surface area contributed by atoms with Crippen LogP contribution in [-0.2, 0) is 6.54 Å². The summed E-state index contributed by atoms with van der Waals surface area (Å²) in [5, 5.41) is 11.7. The second-order valence-corrected chi connectivity index (χ2v) is 3.72. The summed E-state index contributed by atoms with van der Waals surface area (Å²) in [5.41, 5.74) is 1.76. The fraction of sp³-hybridized carbons (Fsp3) is 0.167. The number of anilines is 1. The Balaban J connectivity index is 2.00. The quantitative estimate of drug-likeness (QED) is 0.847. The molecule has 0 aliphatic rings. The van der Waals surface area contributed by atoms with Crippen LogP contribution >= 0.6 is 0 Å². The topological polar surface area (TPSA) is 88.0 Å². The van der Waals surface area contributed by atoms with E-state index in [4.69, 9.17) is 5.11 Å². The molecule has 0 aliphatic carbocycles. The molecule has 0 fully saturated rings. The molecule has 2 heterocycles. The Morgan fingerprint density at radius 1 is 1.33 bits per heavy atom. The standard InChI is InChI=1S/C12H12N4O2/c1-8-3-2-4-9(16-8)5-14-11-7-13-10(6-15-11)12(17)18/h2-4,6-7H,5H2,1H3,(H,14,15)(H,17,18). The minimum Gasteiger partial charge on any atom is -0.476 e. The molecule has 2 aromatic rings. The third kappa shape index (κ3) is 3.00. The van der Waals surface area contributed by atoms with Crippen molar-refractivity contribution in [1.82, 2.24) is 15.0 Å². The first-order valence-electron chi connectivity index (χ1n) is 5.37. The van der Waals surface area contributed by atoms with Gasteiger partial charge in [0.1, 0.15) is 5.82 Å². The normalized spacial score (nSPS) is 10.1. The zero-order valence-electron chi connectivity index (χ0n) is 9.79. The number of carboxylic acid groups (broad SMARTS) is 1. The molecular formula is C12H12N4O2. The monoisotopic (exact) mass is 244 g/mol. The van der Waals surface area contributed by atoms with Crippen LogP contribution in [0.1, 0.15) is 21.9 Å². The first-order valence-corrected chi connectivity index (χ1v) is 5.37. The maximum Gasteiger partial charge on any atom is 0.356 e. The van der Waals surface area contributed by atoms with Crippen molar-refractivity contribution in [3.05, 3.63) is 47.7 Å². The SMILES string of the molecule is Cc1cccc(CNc2cnc(C(=O)O)cn2)n1. The van der Waals surface area contributed by atoms with E-state index in [1.807, 2.05) is 25.1 Å². The van der Waals surface area contributed by atoms with Gasteiger partial charge in [-0.25, -0.2) is 14.8 Å². The van der Waals surface area contributed by atoms with Crippen LogP contribution in [0.5, 0.6) is 0 Å². The molecule has 6 nitrogen and oxygen atoms in total. The summed E-state index contributed by atoms with van der Waals surface area (Å²) in [7, 11) is 0. The van der Waals surface area contributed by atoms with Crippen LogP contribution in [0.4, 0.5) is 5.82 Å². The van der Waals surface area contributed by atoms with E-state index in [1.54, 1.807) is 0 Å². The van der Waals surface area contributed by atoms with Crippen molar-refractivity contribution in [2.75, 3.05) is 5.32 Å². The molecule has 0 spiro atoms. The minimum absolute atomic E-state index is 0.0748. The summed E-state index contributed by atoms with van der Waals surface area (Å²) >= 11 is 0. The molecular weight excluding hydrogens is 232 g/mol. The Bertz CT molecular complexity index is 554. The molecule has 0 aliphatic heterocycles. The maximum absolute atomic E-state index is 10.6.